The van der Waals surface area contributed by atoms with Crippen LogP contribution in [0.15, 0.2) is 0 Å². The van der Waals surface area contributed by atoms with Crippen molar-refractivity contribution in [2.24, 2.45) is 17.3 Å². The Morgan fingerprint density at radius 2 is 2.27 bits per heavy atom. The SMILES string of the molecule is CC(C)C12Cc3sc(Cl)nc3[C@H]1CC2C. The minimum Gasteiger partial charge on any atom is -0.229 e. The highest BCUT2D eigenvalue weighted by molar-refractivity contribution is 7.15. The molecule has 0 amide bonds. The summed E-state index contributed by atoms with van der Waals surface area (Å²) in [5.74, 6) is 2.31. The highest BCUT2D eigenvalue weighted by Gasteiger charge is 2.60. The smallest absolute Gasteiger partial charge is 0.184 e. The summed E-state index contributed by atoms with van der Waals surface area (Å²) in [5, 5.41) is 0. The van der Waals surface area contributed by atoms with Gasteiger partial charge in [-0.2, -0.15) is 0 Å². The number of hydrogen-bond donors (Lipinski definition) is 0. The van der Waals surface area contributed by atoms with E-state index >= 15 is 0 Å². The summed E-state index contributed by atoms with van der Waals surface area (Å²) in [6, 6.07) is 0. The van der Waals surface area contributed by atoms with Crippen LogP contribution in [0.2, 0.25) is 4.47 Å². The van der Waals surface area contributed by atoms with Crippen LogP contribution in [0.5, 0.6) is 0 Å². The maximum atomic E-state index is 5.98. The van der Waals surface area contributed by atoms with Crippen LogP contribution in [-0.2, 0) is 6.42 Å². The first-order valence-electron chi connectivity index (χ1n) is 5.70. The van der Waals surface area contributed by atoms with Crippen molar-refractivity contribution in [3.05, 3.63) is 15.0 Å². The van der Waals surface area contributed by atoms with Crippen molar-refractivity contribution < 1.29 is 0 Å². The second kappa shape index (κ2) is 2.98. The van der Waals surface area contributed by atoms with Crippen LogP contribution in [-0.4, -0.2) is 4.98 Å². The van der Waals surface area contributed by atoms with Crippen LogP contribution in [0.3, 0.4) is 0 Å². The van der Waals surface area contributed by atoms with E-state index in [-0.39, 0.29) is 0 Å². The normalized spacial score (nSPS) is 37.7. The standard InChI is InChI=1S/C12H16ClNS/c1-6(2)12-5-9-10(14-11(13)15-9)8(12)4-7(12)3/h6-8H,4-5H2,1-3H3/t7?,8-,12?/m1/s1. The van der Waals surface area contributed by atoms with Gasteiger partial charge in [-0.25, -0.2) is 4.98 Å². The second-order valence-electron chi connectivity index (χ2n) is 5.41. The molecule has 1 heterocycles. The Kier molecular flexibility index (Phi) is 2.01. The fourth-order valence-electron chi connectivity index (χ4n) is 3.83. The van der Waals surface area contributed by atoms with E-state index in [1.165, 1.54) is 23.4 Å². The zero-order chi connectivity index (χ0) is 10.8. The van der Waals surface area contributed by atoms with Crippen molar-refractivity contribution >= 4 is 22.9 Å². The summed E-state index contributed by atoms with van der Waals surface area (Å²) in [5.41, 5.74) is 1.84. The fourth-order valence-corrected chi connectivity index (χ4v) is 5.16. The van der Waals surface area contributed by atoms with E-state index in [1.54, 1.807) is 11.3 Å². The summed E-state index contributed by atoms with van der Waals surface area (Å²) in [7, 11) is 0. The Bertz CT molecular complexity index is 405. The first kappa shape index (κ1) is 10.1. The molecule has 3 heteroatoms. The molecule has 2 unspecified atom stereocenters. The third-order valence-corrected chi connectivity index (χ3v) is 5.90. The molecule has 0 spiro atoms. The van der Waals surface area contributed by atoms with Gasteiger partial charge in [0.15, 0.2) is 4.47 Å². The molecular formula is C12H16ClNS. The topological polar surface area (TPSA) is 12.9 Å². The Balaban J connectivity index is 2.04. The molecule has 1 saturated carbocycles. The molecular weight excluding hydrogens is 226 g/mol. The van der Waals surface area contributed by atoms with E-state index in [9.17, 15) is 0 Å². The lowest BCUT2D eigenvalue weighted by Gasteiger charge is -2.54. The van der Waals surface area contributed by atoms with Crippen LogP contribution in [0.1, 0.15) is 43.7 Å². The maximum Gasteiger partial charge on any atom is 0.184 e. The van der Waals surface area contributed by atoms with Gasteiger partial charge in [0.1, 0.15) is 0 Å². The molecule has 0 radical (unpaired) electrons. The molecule has 15 heavy (non-hydrogen) atoms. The van der Waals surface area contributed by atoms with E-state index in [0.29, 0.717) is 11.3 Å². The molecule has 3 atom stereocenters. The number of hydrogen-bond acceptors (Lipinski definition) is 2. The molecule has 0 aromatic carbocycles. The molecule has 1 nitrogen and oxygen atoms in total. The van der Waals surface area contributed by atoms with Crippen LogP contribution < -0.4 is 0 Å². The minimum atomic E-state index is 0.513. The predicted molar refractivity (Wildman–Crippen MR) is 64.6 cm³/mol. The molecule has 2 aliphatic carbocycles. The van der Waals surface area contributed by atoms with Crippen LogP contribution in [0.4, 0.5) is 0 Å². The molecule has 1 fully saturated rings. The van der Waals surface area contributed by atoms with Crippen molar-refractivity contribution in [2.75, 3.05) is 0 Å². The molecule has 0 N–H and O–H groups in total. The molecule has 3 rings (SSSR count). The number of aromatic nitrogens is 1. The summed E-state index contributed by atoms with van der Waals surface area (Å²) < 4.78 is 0.733. The summed E-state index contributed by atoms with van der Waals surface area (Å²) in [6.07, 6.45) is 2.53. The molecule has 0 bridgehead atoms. The highest BCUT2D eigenvalue weighted by atomic mass is 35.5. The van der Waals surface area contributed by atoms with Crippen molar-refractivity contribution in [1.82, 2.24) is 4.98 Å². The quantitative estimate of drug-likeness (QED) is 0.721. The molecule has 1 aromatic heterocycles. The number of halogens is 1. The average molecular weight is 242 g/mol. The lowest BCUT2D eigenvalue weighted by Crippen LogP contribution is -2.48. The largest absolute Gasteiger partial charge is 0.229 e. The van der Waals surface area contributed by atoms with Crippen LogP contribution >= 0.6 is 22.9 Å². The number of thiazole rings is 1. The lowest BCUT2D eigenvalue weighted by atomic mass is 9.50. The van der Waals surface area contributed by atoms with Gasteiger partial charge in [0.05, 0.1) is 5.69 Å². The molecule has 0 aliphatic heterocycles. The average Bonchev–Trinajstić information content (AvgIpc) is 2.59. The van der Waals surface area contributed by atoms with Crippen molar-refractivity contribution in [1.29, 1.82) is 0 Å². The van der Waals surface area contributed by atoms with Gasteiger partial charge < -0.3 is 0 Å². The van der Waals surface area contributed by atoms with Gasteiger partial charge in [-0.3, -0.25) is 0 Å². The summed E-state index contributed by atoms with van der Waals surface area (Å²) >= 11 is 7.68. The second-order valence-corrected chi connectivity index (χ2v) is 7.07. The van der Waals surface area contributed by atoms with Gasteiger partial charge in [-0.05, 0) is 30.1 Å². The highest BCUT2D eigenvalue weighted by Crippen LogP contribution is 2.67. The zero-order valence-corrected chi connectivity index (χ0v) is 11.0. The van der Waals surface area contributed by atoms with Crippen molar-refractivity contribution in [2.45, 2.75) is 39.5 Å². The van der Waals surface area contributed by atoms with Crippen molar-refractivity contribution in [3.63, 3.8) is 0 Å². The summed E-state index contributed by atoms with van der Waals surface area (Å²) in [6.45, 7) is 7.12. The van der Waals surface area contributed by atoms with Gasteiger partial charge in [-0.15, -0.1) is 11.3 Å². The maximum absolute atomic E-state index is 5.98. The third kappa shape index (κ3) is 1.07. The molecule has 1 aromatic rings. The van der Waals surface area contributed by atoms with E-state index in [0.717, 1.165) is 16.3 Å². The molecule has 2 aliphatic rings. The van der Waals surface area contributed by atoms with Crippen molar-refractivity contribution in [3.8, 4) is 0 Å². The number of rotatable bonds is 1. The lowest BCUT2D eigenvalue weighted by molar-refractivity contribution is -0.0254. The Morgan fingerprint density at radius 1 is 1.53 bits per heavy atom. The van der Waals surface area contributed by atoms with Crippen LogP contribution in [0.25, 0.3) is 0 Å². The van der Waals surface area contributed by atoms with Gasteiger partial charge in [-0.1, -0.05) is 32.4 Å². The minimum absolute atomic E-state index is 0.513. The number of nitrogens with zero attached hydrogens (tertiary/aromatic N) is 1. The Morgan fingerprint density at radius 3 is 2.87 bits per heavy atom. The molecule has 82 valence electrons. The number of fused-ring (bicyclic) bond motifs is 3. The fraction of sp³-hybridized carbons (Fsp3) is 0.750. The Labute approximate surface area is 99.9 Å². The first-order valence-corrected chi connectivity index (χ1v) is 6.90. The van der Waals surface area contributed by atoms with E-state index in [2.05, 4.69) is 25.8 Å². The summed E-state index contributed by atoms with van der Waals surface area (Å²) in [4.78, 5) is 5.98. The van der Waals surface area contributed by atoms with Crippen LogP contribution in [0, 0.1) is 17.3 Å². The van der Waals surface area contributed by atoms with E-state index in [1.807, 2.05) is 0 Å². The first-order chi connectivity index (χ1) is 7.05. The zero-order valence-electron chi connectivity index (χ0n) is 9.38. The molecule has 0 saturated heterocycles. The van der Waals surface area contributed by atoms with Gasteiger partial charge in [0.25, 0.3) is 0 Å². The van der Waals surface area contributed by atoms with Gasteiger partial charge in [0.2, 0.25) is 0 Å². The Hall–Kier alpha value is -0.0800. The van der Waals surface area contributed by atoms with E-state index < -0.39 is 0 Å². The van der Waals surface area contributed by atoms with Gasteiger partial charge >= 0.3 is 0 Å². The van der Waals surface area contributed by atoms with E-state index in [4.69, 9.17) is 11.6 Å². The monoisotopic (exact) mass is 241 g/mol. The third-order valence-electron chi connectivity index (χ3n) is 4.73. The van der Waals surface area contributed by atoms with Gasteiger partial charge in [0, 0.05) is 10.8 Å². The predicted octanol–water partition coefficient (Wildman–Crippen LogP) is 4.12.